The molecule has 0 saturated heterocycles. The fraction of sp³-hybridized carbons (Fsp3) is 0.357. The van der Waals surface area contributed by atoms with Crippen molar-refractivity contribution in [3.8, 4) is 0 Å². The third kappa shape index (κ3) is 6.12. The summed E-state index contributed by atoms with van der Waals surface area (Å²) >= 11 is 0. The van der Waals surface area contributed by atoms with Gasteiger partial charge in [-0.1, -0.05) is 56.3 Å². The number of alkyl halides is 3. The number of primary amides is 1. The normalized spacial score (nSPS) is 17.2. The number of rotatable bonds is 9. The molecule has 0 aliphatic carbocycles. The second-order valence-corrected chi connectivity index (χ2v) is 9.62. The van der Waals surface area contributed by atoms with Gasteiger partial charge in [0.15, 0.2) is 0 Å². The van der Waals surface area contributed by atoms with Crippen LogP contribution in [0.1, 0.15) is 43.4 Å². The molecule has 0 bridgehead atoms. The number of aliphatic imine (C=N–C) groups is 1. The SMILES string of the molecule is C=CCC(C(N)=O)C(CC(C)C)C(=O)NC1N=C(c2ccccc2C(F)(F)F)c2ccccc2N(C)C1=O. The number of likely N-dealkylation sites (N-methyl/N-ethyl adjacent to an activating group) is 1. The smallest absolute Gasteiger partial charge is 0.369 e. The van der Waals surface area contributed by atoms with E-state index in [0.717, 1.165) is 6.07 Å². The Morgan fingerprint density at radius 3 is 2.29 bits per heavy atom. The summed E-state index contributed by atoms with van der Waals surface area (Å²) in [5, 5.41) is 2.59. The van der Waals surface area contributed by atoms with Gasteiger partial charge in [0.2, 0.25) is 18.0 Å². The van der Waals surface area contributed by atoms with Crippen molar-refractivity contribution in [2.45, 2.75) is 39.0 Å². The number of hydrogen-bond donors (Lipinski definition) is 2. The van der Waals surface area contributed by atoms with Crippen molar-refractivity contribution < 1.29 is 27.6 Å². The van der Waals surface area contributed by atoms with E-state index in [1.165, 1.54) is 36.2 Å². The molecule has 0 radical (unpaired) electrons. The van der Waals surface area contributed by atoms with E-state index >= 15 is 0 Å². The monoisotopic (exact) mass is 528 g/mol. The lowest BCUT2D eigenvalue weighted by molar-refractivity contribution is -0.137. The summed E-state index contributed by atoms with van der Waals surface area (Å²) in [4.78, 5) is 44.8. The van der Waals surface area contributed by atoms with Crippen LogP contribution in [-0.2, 0) is 20.6 Å². The molecule has 7 nitrogen and oxygen atoms in total. The molecule has 10 heteroatoms. The quantitative estimate of drug-likeness (QED) is 0.474. The molecular weight excluding hydrogens is 497 g/mol. The topological polar surface area (TPSA) is 105 Å². The third-order valence-electron chi connectivity index (χ3n) is 6.44. The van der Waals surface area contributed by atoms with Crippen LogP contribution in [0.15, 0.2) is 66.2 Å². The molecule has 1 aliphatic rings. The molecule has 1 heterocycles. The summed E-state index contributed by atoms with van der Waals surface area (Å²) in [6.45, 7) is 7.38. The Labute approximate surface area is 219 Å². The first-order chi connectivity index (χ1) is 17.9. The minimum Gasteiger partial charge on any atom is -0.369 e. The molecule has 0 spiro atoms. The van der Waals surface area contributed by atoms with E-state index in [-0.39, 0.29) is 30.0 Å². The van der Waals surface area contributed by atoms with Gasteiger partial charge in [-0.3, -0.25) is 14.4 Å². The van der Waals surface area contributed by atoms with E-state index in [4.69, 9.17) is 5.73 Å². The molecule has 3 unspecified atom stereocenters. The summed E-state index contributed by atoms with van der Waals surface area (Å²) in [5.74, 6) is -3.74. The minimum absolute atomic E-state index is 0.00639. The van der Waals surface area contributed by atoms with Crippen LogP contribution in [0.5, 0.6) is 0 Å². The van der Waals surface area contributed by atoms with E-state index in [9.17, 15) is 27.6 Å². The predicted molar refractivity (Wildman–Crippen MR) is 139 cm³/mol. The van der Waals surface area contributed by atoms with Crippen LogP contribution < -0.4 is 16.0 Å². The number of benzodiazepines with no additional fused rings is 1. The molecule has 0 fully saturated rings. The van der Waals surface area contributed by atoms with Crippen molar-refractivity contribution in [2.75, 3.05) is 11.9 Å². The Hall–Kier alpha value is -3.95. The van der Waals surface area contributed by atoms with E-state index in [2.05, 4.69) is 16.9 Å². The lowest BCUT2D eigenvalue weighted by atomic mass is 9.82. The van der Waals surface area contributed by atoms with Crippen LogP contribution in [0.25, 0.3) is 0 Å². The maximum atomic E-state index is 14.0. The maximum Gasteiger partial charge on any atom is 0.417 e. The zero-order valence-electron chi connectivity index (χ0n) is 21.5. The molecule has 202 valence electrons. The van der Waals surface area contributed by atoms with Crippen molar-refractivity contribution in [1.82, 2.24) is 5.32 Å². The number of anilines is 1. The van der Waals surface area contributed by atoms with Gasteiger partial charge in [-0.15, -0.1) is 6.58 Å². The molecule has 3 atom stereocenters. The molecule has 1 aliphatic heterocycles. The van der Waals surface area contributed by atoms with E-state index in [0.29, 0.717) is 11.3 Å². The first kappa shape index (κ1) is 28.6. The van der Waals surface area contributed by atoms with E-state index in [1.54, 1.807) is 24.3 Å². The molecule has 3 rings (SSSR count). The summed E-state index contributed by atoms with van der Waals surface area (Å²) in [6.07, 6.45) is -4.30. The van der Waals surface area contributed by atoms with Gasteiger partial charge < -0.3 is 16.0 Å². The molecular formula is C28H31F3N4O3. The number of allylic oxidation sites excluding steroid dienone is 1. The number of nitrogens with two attached hydrogens (primary N) is 1. The van der Waals surface area contributed by atoms with Gasteiger partial charge >= 0.3 is 6.18 Å². The number of carbonyl (C=O) groups excluding carboxylic acids is 3. The number of para-hydroxylation sites is 1. The molecule has 2 aromatic carbocycles. The highest BCUT2D eigenvalue weighted by atomic mass is 19.4. The van der Waals surface area contributed by atoms with Gasteiger partial charge in [0.1, 0.15) is 0 Å². The summed E-state index contributed by atoms with van der Waals surface area (Å²) in [7, 11) is 1.46. The van der Waals surface area contributed by atoms with Crippen molar-refractivity contribution in [1.29, 1.82) is 0 Å². The first-order valence-electron chi connectivity index (χ1n) is 12.2. The summed E-state index contributed by atoms with van der Waals surface area (Å²) < 4.78 is 41.9. The second-order valence-electron chi connectivity index (χ2n) is 9.62. The van der Waals surface area contributed by atoms with Gasteiger partial charge in [-0.05, 0) is 30.9 Å². The Kier molecular flexibility index (Phi) is 8.75. The largest absolute Gasteiger partial charge is 0.417 e. The van der Waals surface area contributed by atoms with E-state index in [1.807, 2.05) is 13.8 Å². The molecule has 0 aromatic heterocycles. The number of hydrogen-bond acceptors (Lipinski definition) is 4. The maximum absolute atomic E-state index is 14.0. The van der Waals surface area contributed by atoms with E-state index < -0.39 is 47.5 Å². The van der Waals surface area contributed by atoms with Crippen molar-refractivity contribution in [3.05, 3.63) is 77.9 Å². The van der Waals surface area contributed by atoms with Crippen LogP contribution >= 0.6 is 0 Å². The standard InChI is InChI=1S/C28H31F3N4O3/c1-5-10-17(24(32)36)20(15-16(2)3)26(37)34-25-27(38)35(4)22-14-9-7-12-19(22)23(33-25)18-11-6-8-13-21(18)28(29,30)31/h5-9,11-14,16-17,20,25H,1,10,15H2,2-4H3,(H2,32,36)(H,34,37). The lowest BCUT2D eigenvalue weighted by Crippen LogP contribution is -2.50. The molecule has 38 heavy (non-hydrogen) atoms. The zero-order valence-corrected chi connectivity index (χ0v) is 21.5. The van der Waals surface area contributed by atoms with Gasteiger partial charge in [0, 0.05) is 18.2 Å². The zero-order chi connectivity index (χ0) is 28.2. The number of nitrogens with one attached hydrogen (secondary N) is 1. The van der Waals surface area contributed by atoms with Crippen LogP contribution in [0.2, 0.25) is 0 Å². The Balaban J connectivity index is 2.15. The number of amides is 3. The predicted octanol–water partition coefficient (Wildman–Crippen LogP) is 4.30. The molecule has 2 aromatic rings. The fourth-order valence-corrected chi connectivity index (χ4v) is 4.63. The molecule has 3 amide bonds. The van der Waals surface area contributed by atoms with Crippen LogP contribution in [0, 0.1) is 17.8 Å². The summed E-state index contributed by atoms with van der Waals surface area (Å²) in [6, 6.07) is 11.4. The van der Waals surface area contributed by atoms with Gasteiger partial charge in [0.05, 0.1) is 28.8 Å². The first-order valence-corrected chi connectivity index (χ1v) is 12.2. The van der Waals surface area contributed by atoms with Gasteiger partial charge in [-0.25, -0.2) is 4.99 Å². The average molecular weight is 529 g/mol. The van der Waals surface area contributed by atoms with Gasteiger partial charge in [0.25, 0.3) is 5.91 Å². The Morgan fingerprint density at radius 2 is 1.71 bits per heavy atom. The van der Waals surface area contributed by atoms with Crippen molar-refractivity contribution >= 4 is 29.1 Å². The Morgan fingerprint density at radius 1 is 1.11 bits per heavy atom. The minimum atomic E-state index is -4.68. The Bertz CT molecular complexity index is 1260. The number of benzene rings is 2. The highest BCUT2D eigenvalue weighted by Crippen LogP contribution is 2.35. The number of nitrogens with zero attached hydrogens (tertiary/aromatic N) is 2. The van der Waals surface area contributed by atoms with Crippen LogP contribution in [0.4, 0.5) is 18.9 Å². The number of fused-ring (bicyclic) bond motifs is 1. The van der Waals surface area contributed by atoms with Crippen LogP contribution in [0.3, 0.4) is 0 Å². The highest BCUT2D eigenvalue weighted by Gasteiger charge is 2.39. The third-order valence-corrected chi connectivity index (χ3v) is 6.44. The van der Waals surface area contributed by atoms with Crippen molar-refractivity contribution in [3.63, 3.8) is 0 Å². The van der Waals surface area contributed by atoms with Gasteiger partial charge in [-0.2, -0.15) is 13.2 Å². The molecule has 0 saturated carbocycles. The highest BCUT2D eigenvalue weighted by molar-refractivity contribution is 6.20. The second kappa shape index (κ2) is 11.6. The van der Waals surface area contributed by atoms with Crippen molar-refractivity contribution in [2.24, 2.45) is 28.5 Å². The number of halogens is 3. The lowest BCUT2D eigenvalue weighted by Gasteiger charge is -2.27. The summed E-state index contributed by atoms with van der Waals surface area (Å²) in [5.41, 5.74) is 4.98. The fourth-order valence-electron chi connectivity index (χ4n) is 4.63. The van der Waals surface area contributed by atoms with Crippen LogP contribution in [-0.4, -0.2) is 36.6 Å². The number of carbonyl (C=O) groups is 3. The molecule has 3 N–H and O–H groups in total. The average Bonchev–Trinajstić information content (AvgIpc) is 2.96.